The van der Waals surface area contributed by atoms with E-state index in [9.17, 15) is 21.6 Å². The summed E-state index contributed by atoms with van der Waals surface area (Å²) in [5.74, 6) is -0.392. The first-order chi connectivity index (χ1) is 9.62. The van der Waals surface area contributed by atoms with Crippen LogP contribution in [0.5, 0.6) is 0 Å². The van der Waals surface area contributed by atoms with Gasteiger partial charge in [-0.05, 0) is 11.8 Å². The Morgan fingerprint density at radius 2 is 2.10 bits per heavy atom. The maximum absolute atomic E-state index is 12.0. The Labute approximate surface area is 125 Å². The summed E-state index contributed by atoms with van der Waals surface area (Å²) in [5.41, 5.74) is -3.94. The predicted octanol–water partition coefficient (Wildman–Crippen LogP) is 1.44. The first kappa shape index (κ1) is 18.3. The van der Waals surface area contributed by atoms with E-state index in [2.05, 4.69) is 20.2 Å². The van der Waals surface area contributed by atoms with Crippen LogP contribution in [0.4, 0.5) is 13.2 Å². The Morgan fingerprint density at radius 1 is 1.43 bits per heavy atom. The van der Waals surface area contributed by atoms with Gasteiger partial charge in [0.15, 0.2) is 5.03 Å². The molecule has 0 saturated heterocycles. The van der Waals surface area contributed by atoms with Crippen molar-refractivity contribution in [3.63, 3.8) is 0 Å². The highest BCUT2D eigenvalue weighted by atomic mass is 32.2. The predicted molar refractivity (Wildman–Crippen MR) is 74.3 cm³/mol. The Hall–Kier alpha value is -0.780. The smallest absolute Gasteiger partial charge is 0.310 e. The average molecular weight is 346 g/mol. The minimum absolute atomic E-state index is 0.132. The molecule has 0 unspecified atom stereocenters. The fourth-order valence-electron chi connectivity index (χ4n) is 1.39. The van der Waals surface area contributed by atoms with Gasteiger partial charge in [-0.3, -0.25) is 5.10 Å². The highest BCUT2D eigenvalue weighted by Crippen LogP contribution is 2.29. The molecule has 21 heavy (non-hydrogen) atoms. The zero-order valence-corrected chi connectivity index (χ0v) is 13.1. The standard InChI is InChI=1S/C10H17F3N4O2S2/c1-7(2)14-5-8-6-15-17-9(8)21(18,19)16-3-4-20-10(11,12)13/h6-7,14,16H,3-5H2,1-2H3,(H,15,17). The van der Waals surface area contributed by atoms with Gasteiger partial charge < -0.3 is 5.32 Å². The van der Waals surface area contributed by atoms with E-state index in [1.165, 1.54) is 6.20 Å². The van der Waals surface area contributed by atoms with Gasteiger partial charge in [0.2, 0.25) is 0 Å². The highest BCUT2D eigenvalue weighted by Gasteiger charge is 2.28. The second kappa shape index (κ2) is 7.47. The molecule has 0 fully saturated rings. The van der Waals surface area contributed by atoms with Crippen molar-refractivity contribution < 1.29 is 21.6 Å². The van der Waals surface area contributed by atoms with Crippen LogP contribution in [0.15, 0.2) is 11.2 Å². The van der Waals surface area contributed by atoms with Crippen molar-refractivity contribution in [3.8, 4) is 0 Å². The van der Waals surface area contributed by atoms with Gasteiger partial charge >= 0.3 is 5.51 Å². The molecule has 0 aliphatic carbocycles. The summed E-state index contributed by atoms with van der Waals surface area (Å²) in [7, 11) is -3.90. The van der Waals surface area contributed by atoms with Gasteiger partial charge in [0, 0.05) is 30.4 Å². The molecule has 3 N–H and O–H groups in total. The van der Waals surface area contributed by atoms with E-state index in [4.69, 9.17) is 0 Å². The number of sulfonamides is 1. The van der Waals surface area contributed by atoms with Crippen molar-refractivity contribution in [1.29, 1.82) is 0 Å². The minimum atomic E-state index is -4.37. The molecule has 1 rings (SSSR count). The van der Waals surface area contributed by atoms with Crippen molar-refractivity contribution in [1.82, 2.24) is 20.2 Å². The van der Waals surface area contributed by atoms with E-state index < -0.39 is 21.3 Å². The number of thioether (sulfide) groups is 1. The normalized spacial score (nSPS) is 13.0. The summed E-state index contributed by atoms with van der Waals surface area (Å²) in [5, 5.41) is 8.93. The number of alkyl halides is 3. The Bertz CT molecular complexity index is 543. The fourth-order valence-corrected chi connectivity index (χ4v) is 3.11. The van der Waals surface area contributed by atoms with Gasteiger partial charge in [-0.1, -0.05) is 13.8 Å². The quantitative estimate of drug-likeness (QED) is 0.620. The number of rotatable bonds is 8. The van der Waals surface area contributed by atoms with Gasteiger partial charge in [-0.25, -0.2) is 13.1 Å². The number of hydrogen-bond donors (Lipinski definition) is 3. The fraction of sp³-hybridized carbons (Fsp3) is 0.700. The Kier molecular flexibility index (Phi) is 6.50. The zero-order valence-electron chi connectivity index (χ0n) is 11.5. The molecule has 0 bridgehead atoms. The summed E-state index contributed by atoms with van der Waals surface area (Å²) in [6, 6.07) is 0.159. The van der Waals surface area contributed by atoms with Crippen molar-refractivity contribution >= 4 is 21.8 Å². The number of halogens is 3. The lowest BCUT2D eigenvalue weighted by molar-refractivity contribution is -0.0327. The Morgan fingerprint density at radius 3 is 2.67 bits per heavy atom. The van der Waals surface area contributed by atoms with Crippen LogP contribution >= 0.6 is 11.8 Å². The summed E-state index contributed by atoms with van der Waals surface area (Å²) < 4.78 is 61.9. The molecular formula is C10H17F3N4O2S2. The molecule has 0 aromatic carbocycles. The number of hydrogen-bond acceptors (Lipinski definition) is 5. The molecule has 0 atom stereocenters. The van der Waals surface area contributed by atoms with E-state index in [1.54, 1.807) is 0 Å². The van der Waals surface area contributed by atoms with E-state index >= 15 is 0 Å². The van der Waals surface area contributed by atoms with E-state index in [-0.39, 0.29) is 29.4 Å². The van der Waals surface area contributed by atoms with Crippen LogP contribution in [-0.2, 0) is 16.6 Å². The van der Waals surface area contributed by atoms with Crippen LogP contribution in [0, 0.1) is 0 Å². The molecule has 0 spiro atoms. The van der Waals surface area contributed by atoms with Crippen LogP contribution in [0.25, 0.3) is 0 Å². The molecule has 0 amide bonds. The summed E-state index contributed by atoms with van der Waals surface area (Å²) >= 11 is -0.275. The SMILES string of the molecule is CC(C)NCc1cn[nH]c1S(=O)(=O)NCCSC(F)(F)F. The van der Waals surface area contributed by atoms with E-state index in [0.717, 1.165) is 0 Å². The summed E-state index contributed by atoms with van der Waals surface area (Å²) in [6.07, 6.45) is 1.37. The van der Waals surface area contributed by atoms with E-state index in [0.29, 0.717) is 12.1 Å². The molecule has 0 aliphatic heterocycles. The molecule has 0 radical (unpaired) electrons. The van der Waals surface area contributed by atoms with Crippen molar-refractivity contribution in [2.45, 2.75) is 37.0 Å². The second-order valence-corrected chi connectivity index (χ2v) is 7.32. The third kappa shape index (κ3) is 6.68. The van der Waals surface area contributed by atoms with Gasteiger partial charge in [0.25, 0.3) is 10.0 Å². The third-order valence-electron chi connectivity index (χ3n) is 2.31. The molecule has 1 aromatic heterocycles. The second-order valence-electron chi connectivity index (χ2n) is 4.45. The zero-order chi connectivity index (χ0) is 16.1. The molecule has 11 heteroatoms. The highest BCUT2D eigenvalue weighted by molar-refractivity contribution is 8.00. The van der Waals surface area contributed by atoms with Crippen LogP contribution in [0.1, 0.15) is 19.4 Å². The lowest BCUT2D eigenvalue weighted by atomic mass is 10.3. The number of H-pyrrole nitrogens is 1. The van der Waals surface area contributed by atoms with Crippen molar-refractivity contribution in [2.75, 3.05) is 12.3 Å². The van der Waals surface area contributed by atoms with Gasteiger partial charge in [0.05, 0.1) is 6.20 Å². The maximum atomic E-state index is 12.0. The van der Waals surface area contributed by atoms with Crippen molar-refractivity contribution in [2.24, 2.45) is 0 Å². The largest absolute Gasteiger partial charge is 0.441 e. The lowest BCUT2D eigenvalue weighted by Crippen LogP contribution is -2.29. The van der Waals surface area contributed by atoms with Gasteiger partial charge in [-0.15, -0.1) is 0 Å². The molecular weight excluding hydrogens is 329 g/mol. The minimum Gasteiger partial charge on any atom is -0.310 e. The molecule has 0 saturated carbocycles. The first-order valence-corrected chi connectivity index (χ1v) is 8.54. The summed E-state index contributed by atoms with van der Waals surface area (Å²) in [4.78, 5) is 0. The third-order valence-corrected chi connectivity index (χ3v) is 4.52. The Balaban J connectivity index is 2.60. The van der Waals surface area contributed by atoms with Gasteiger partial charge in [-0.2, -0.15) is 18.3 Å². The molecule has 1 aromatic rings. The number of nitrogens with zero attached hydrogens (tertiary/aromatic N) is 1. The molecule has 122 valence electrons. The summed E-state index contributed by atoms with van der Waals surface area (Å²) in [6.45, 7) is 3.78. The molecule has 0 aliphatic rings. The number of nitrogens with one attached hydrogen (secondary N) is 3. The van der Waals surface area contributed by atoms with Crippen LogP contribution < -0.4 is 10.0 Å². The number of aromatic nitrogens is 2. The topological polar surface area (TPSA) is 86.9 Å². The van der Waals surface area contributed by atoms with Gasteiger partial charge in [0.1, 0.15) is 0 Å². The number of aromatic amines is 1. The van der Waals surface area contributed by atoms with Crippen molar-refractivity contribution in [3.05, 3.63) is 11.8 Å². The molecule has 1 heterocycles. The van der Waals surface area contributed by atoms with Crippen LogP contribution in [0.2, 0.25) is 0 Å². The lowest BCUT2D eigenvalue weighted by Gasteiger charge is -2.10. The monoisotopic (exact) mass is 346 g/mol. The van der Waals surface area contributed by atoms with E-state index in [1.807, 2.05) is 13.8 Å². The van der Waals surface area contributed by atoms with Crippen LogP contribution in [0.3, 0.4) is 0 Å². The van der Waals surface area contributed by atoms with Crippen LogP contribution in [-0.4, -0.2) is 42.5 Å². The maximum Gasteiger partial charge on any atom is 0.441 e. The first-order valence-electron chi connectivity index (χ1n) is 6.08. The molecule has 6 nitrogen and oxygen atoms in total. The average Bonchev–Trinajstić information content (AvgIpc) is 2.80.